The molecule has 0 aromatic carbocycles. The fraction of sp³-hybridized carbons (Fsp3) is 0.533. The van der Waals surface area contributed by atoms with E-state index in [-0.39, 0.29) is 0 Å². The molecule has 0 spiro atoms. The first-order chi connectivity index (χ1) is 10.0. The zero-order valence-electron chi connectivity index (χ0n) is 12.4. The molecule has 6 heteroatoms. The highest BCUT2D eigenvalue weighted by Gasteiger charge is 2.30. The van der Waals surface area contributed by atoms with E-state index in [1.807, 2.05) is 32.0 Å². The van der Waals surface area contributed by atoms with Crippen LogP contribution in [0, 0.1) is 6.92 Å². The molecule has 0 saturated heterocycles. The Hall–Kier alpha value is -1.79. The number of nitrogens with two attached hydrogens (primary N) is 1. The highest BCUT2D eigenvalue weighted by Crippen LogP contribution is 2.25. The highest BCUT2D eigenvalue weighted by atomic mass is 16.5. The molecule has 1 aliphatic rings. The lowest BCUT2D eigenvalue weighted by molar-refractivity contribution is -0.0222. The number of hydrogen-bond donors (Lipinski definition) is 1. The van der Waals surface area contributed by atoms with E-state index in [1.165, 1.54) is 6.42 Å². The molecule has 112 valence electrons. The Bertz CT molecular complexity index is 620. The molecule has 0 bridgehead atoms. The fourth-order valence-electron chi connectivity index (χ4n) is 2.11. The van der Waals surface area contributed by atoms with Crippen LogP contribution < -0.4 is 5.73 Å². The summed E-state index contributed by atoms with van der Waals surface area (Å²) in [7, 11) is 0. The Kier molecular flexibility index (Phi) is 3.73. The molecule has 0 amide bonds. The first kappa shape index (κ1) is 14.2. The van der Waals surface area contributed by atoms with Gasteiger partial charge in [-0.05, 0) is 45.2 Å². The van der Waals surface area contributed by atoms with Crippen molar-refractivity contribution < 1.29 is 9.26 Å². The summed E-state index contributed by atoms with van der Waals surface area (Å²) < 4.78 is 11.0. The maximum absolute atomic E-state index is 6.26. The van der Waals surface area contributed by atoms with Gasteiger partial charge < -0.3 is 15.0 Å². The molecule has 6 nitrogen and oxygen atoms in total. The minimum absolute atomic E-state index is 0.331. The molecule has 3 rings (SSSR count). The van der Waals surface area contributed by atoms with Crippen LogP contribution in [-0.2, 0) is 10.3 Å². The summed E-state index contributed by atoms with van der Waals surface area (Å²) >= 11 is 0. The zero-order valence-corrected chi connectivity index (χ0v) is 12.4. The molecule has 1 atom stereocenters. The van der Waals surface area contributed by atoms with Gasteiger partial charge in [0.25, 0.3) is 5.89 Å². The van der Waals surface area contributed by atoms with Gasteiger partial charge in [-0.1, -0.05) is 11.2 Å². The first-order valence-corrected chi connectivity index (χ1v) is 7.23. The Balaban J connectivity index is 1.73. The average molecular weight is 288 g/mol. The van der Waals surface area contributed by atoms with Crippen LogP contribution in [0.2, 0.25) is 0 Å². The Morgan fingerprint density at radius 3 is 2.86 bits per heavy atom. The van der Waals surface area contributed by atoms with Crippen LogP contribution >= 0.6 is 0 Å². The van der Waals surface area contributed by atoms with Crippen molar-refractivity contribution >= 4 is 0 Å². The molecule has 1 unspecified atom stereocenters. The van der Waals surface area contributed by atoms with Crippen molar-refractivity contribution in [2.75, 3.05) is 6.61 Å². The molecule has 21 heavy (non-hydrogen) atoms. The van der Waals surface area contributed by atoms with Gasteiger partial charge in [0.1, 0.15) is 11.2 Å². The van der Waals surface area contributed by atoms with Crippen molar-refractivity contribution in [2.24, 2.45) is 5.73 Å². The Morgan fingerprint density at radius 1 is 1.38 bits per heavy atom. The van der Waals surface area contributed by atoms with Crippen molar-refractivity contribution in [1.82, 2.24) is 15.1 Å². The minimum atomic E-state index is -0.763. The summed E-state index contributed by atoms with van der Waals surface area (Å²) in [6, 6.07) is 5.66. The summed E-state index contributed by atoms with van der Waals surface area (Å²) in [4.78, 5) is 8.74. The van der Waals surface area contributed by atoms with E-state index in [1.54, 1.807) is 0 Å². The molecular weight excluding hydrogens is 268 g/mol. The number of aromatic nitrogens is 3. The summed E-state index contributed by atoms with van der Waals surface area (Å²) in [5, 5.41) is 3.98. The van der Waals surface area contributed by atoms with Crippen molar-refractivity contribution in [2.45, 2.75) is 44.8 Å². The summed E-state index contributed by atoms with van der Waals surface area (Å²) in [5.41, 5.74) is 7.05. The van der Waals surface area contributed by atoms with Gasteiger partial charge in [0.15, 0.2) is 5.82 Å². The van der Waals surface area contributed by atoms with Crippen LogP contribution in [0.3, 0.4) is 0 Å². The van der Waals surface area contributed by atoms with E-state index in [0.29, 0.717) is 30.1 Å². The molecule has 0 aliphatic heterocycles. The van der Waals surface area contributed by atoms with Gasteiger partial charge >= 0.3 is 0 Å². The normalized spacial score (nSPS) is 18.2. The molecule has 2 aromatic rings. The fourth-order valence-corrected chi connectivity index (χ4v) is 2.11. The van der Waals surface area contributed by atoms with Crippen LogP contribution in [0.5, 0.6) is 0 Å². The minimum Gasteiger partial charge on any atom is -0.376 e. The Labute approximate surface area is 123 Å². The SMILES string of the molecule is Cc1cccc(-c2nc(C(C)(N)COC3CCC3)no2)n1. The van der Waals surface area contributed by atoms with E-state index in [0.717, 1.165) is 18.5 Å². The molecule has 0 radical (unpaired) electrons. The quantitative estimate of drug-likeness (QED) is 0.907. The molecular formula is C15H20N4O2. The van der Waals surface area contributed by atoms with E-state index < -0.39 is 5.54 Å². The maximum Gasteiger partial charge on any atom is 0.276 e. The third-order valence-electron chi connectivity index (χ3n) is 3.72. The smallest absolute Gasteiger partial charge is 0.276 e. The molecule has 2 heterocycles. The van der Waals surface area contributed by atoms with Gasteiger partial charge in [-0.25, -0.2) is 4.98 Å². The van der Waals surface area contributed by atoms with Crippen molar-refractivity contribution in [1.29, 1.82) is 0 Å². The third kappa shape index (κ3) is 3.11. The molecule has 2 aromatic heterocycles. The number of rotatable bonds is 5. The van der Waals surface area contributed by atoms with Crippen LogP contribution in [0.25, 0.3) is 11.6 Å². The van der Waals surface area contributed by atoms with Crippen molar-refractivity contribution in [3.05, 3.63) is 29.7 Å². The predicted molar refractivity (Wildman–Crippen MR) is 77.4 cm³/mol. The lowest BCUT2D eigenvalue weighted by Gasteiger charge is -2.29. The molecule has 2 N–H and O–H groups in total. The second kappa shape index (κ2) is 5.54. The number of nitrogens with zero attached hydrogens (tertiary/aromatic N) is 3. The second-order valence-corrected chi connectivity index (χ2v) is 5.87. The van der Waals surface area contributed by atoms with Crippen LogP contribution in [0.4, 0.5) is 0 Å². The Morgan fingerprint density at radius 2 is 2.19 bits per heavy atom. The van der Waals surface area contributed by atoms with Gasteiger partial charge in [-0.3, -0.25) is 0 Å². The standard InChI is InChI=1S/C15H20N4O2/c1-10-5-3-8-12(17-10)13-18-14(19-21-13)15(2,16)9-20-11-6-4-7-11/h3,5,8,11H,4,6-7,9,16H2,1-2H3. The molecule has 1 fully saturated rings. The second-order valence-electron chi connectivity index (χ2n) is 5.87. The maximum atomic E-state index is 6.26. The average Bonchev–Trinajstić information content (AvgIpc) is 2.87. The predicted octanol–water partition coefficient (Wildman–Crippen LogP) is 2.18. The number of pyridine rings is 1. The topological polar surface area (TPSA) is 87.1 Å². The molecule has 1 saturated carbocycles. The van der Waals surface area contributed by atoms with Gasteiger partial charge in [0, 0.05) is 5.69 Å². The van der Waals surface area contributed by atoms with E-state index >= 15 is 0 Å². The summed E-state index contributed by atoms with van der Waals surface area (Å²) in [5.74, 6) is 0.828. The summed E-state index contributed by atoms with van der Waals surface area (Å²) in [6.07, 6.45) is 3.79. The highest BCUT2D eigenvalue weighted by molar-refractivity contribution is 5.46. The lowest BCUT2D eigenvalue weighted by atomic mass is 9.95. The van der Waals surface area contributed by atoms with Crippen LogP contribution in [-0.4, -0.2) is 27.8 Å². The van der Waals surface area contributed by atoms with E-state index in [2.05, 4.69) is 15.1 Å². The van der Waals surface area contributed by atoms with Crippen molar-refractivity contribution in [3.8, 4) is 11.6 Å². The monoisotopic (exact) mass is 288 g/mol. The van der Waals surface area contributed by atoms with Crippen LogP contribution in [0.15, 0.2) is 22.7 Å². The van der Waals surface area contributed by atoms with E-state index in [9.17, 15) is 0 Å². The van der Waals surface area contributed by atoms with Gasteiger partial charge in [0.2, 0.25) is 0 Å². The number of hydrogen-bond acceptors (Lipinski definition) is 6. The first-order valence-electron chi connectivity index (χ1n) is 7.23. The van der Waals surface area contributed by atoms with Gasteiger partial charge in [-0.2, -0.15) is 4.98 Å². The molecule has 1 aliphatic carbocycles. The number of ether oxygens (including phenoxy) is 1. The van der Waals surface area contributed by atoms with Gasteiger partial charge in [-0.15, -0.1) is 0 Å². The lowest BCUT2D eigenvalue weighted by Crippen LogP contribution is -2.41. The zero-order chi connectivity index (χ0) is 14.9. The van der Waals surface area contributed by atoms with Crippen molar-refractivity contribution in [3.63, 3.8) is 0 Å². The van der Waals surface area contributed by atoms with E-state index in [4.69, 9.17) is 15.0 Å². The largest absolute Gasteiger partial charge is 0.376 e. The van der Waals surface area contributed by atoms with Gasteiger partial charge in [0.05, 0.1) is 12.7 Å². The number of aryl methyl sites for hydroxylation is 1. The summed E-state index contributed by atoms with van der Waals surface area (Å²) in [6.45, 7) is 4.15. The third-order valence-corrected chi connectivity index (χ3v) is 3.72. The van der Waals surface area contributed by atoms with Crippen LogP contribution in [0.1, 0.15) is 37.7 Å².